The molecule has 2 aromatic rings. The van der Waals surface area contributed by atoms with E-state index in [4.69, 9.17) is 10.2 Å². The molecule has 0 bridgehead atoms. The van der Waals surface area contributed by atoms with Crippen molar-refractivity contribution in [3.63, 3.8) is 0 Å². The van der Waals surface area contributed by atoms with Crippen molar-refractivity contribution in [2.24, 2.45) is 0 Å². The lowest BCUT2D eigenvalue weighted by Gasteiger charge is -2.04. The number of fused-ring (bicyclic) bond motifs is 1. The zero-order valence-electron chi connectivity index (χ0n) is 7.21. The van der Waals surface area contributed by atoms with Crippen molar-refractivity contribution < 1.29 is 17.6 Å². The highest BCUT2D eigenvalue weighted by Gasteiger charge is 2.30. The predicted octanol–water partition coefficient (Wildman–Crippen LogP) is 3.02. The van der Waals surface area contributed by atoms with Gasteiger partial charge in [-0.25, -0.2) is 0 Å². The molecule has 2 N–H and O–H groups in total. The van der Waals surface area contributed by atoms with Crippen LogP contribution in [0.2, 0.25) is 0 Å². The van der Waals surface area contributed by atoms with Gasteiger partial charge in [-0.2, -0.15) is 18.2 Å². The van der Waals surface area contributed by atoms with Crippen LogP contribution in [0.25, 0.3) is 11.1 Å². The Bertz CT molecular complexity index is 494. The third-order valence-corrected chi connectivity index (χ3v) is 2.40. The molecule has 0 amide bonds. The van der Waals surface area contributed by atoms with Crippen LogP contribution in [-0.2, 0) is 0 Å². The van der Waals surface area contributed by atoms with E-state index in [1.54, 1.807) is 0 Å². The predicted molar refractivity (Wildman–Crippen MR) is 50.3 cm³/mol. The lowest BCUT2D eigenvalue weighted by Crippen LogP contribution is -1.99. The quantitative estimate of drug-likeness (QED) is 0.770. The second-order valence-electron chi connectivity index (χ2n) is 2.70. The van der Waals surface area contributed by atoms with Crippen LogP contribution in [0.4, 0.5) is 19.2 Å². The molecule has 0 spiro atoms. The molecule has 3 nitrogen and oxygen atoms in total. The normalized spacial score (nSPS) is 12.2. The largest absolute Gasteiger partial charge is 0.446 e. The van der Waals surface area contributed by atoms with E-state index in [-0.39, 0.29) is 33.8 Å². The topological polar surface area (TPSA) is 52.0 Å². The zero-order chi connectivity index (χ0) is 11.1. The Labute approximate surface area is 86.5 Å². The molecule has 1 aromatic heterocycles. The highest BCUT2D eigenvalue weighted by Crippen LogP contribution is 2.40. The van der Waals surface area contributed by atoms with E-state index in [1.165, 1.54) is 18.2 Å². The lowest BCUT2D eigenvalue weighted by atomic mass is 10.3. The van der Waals surface area contributed by atoms with Crippen LogP contribution in [-0.4, -0.2) is 10.5 Å². The number of rotatable bonds is 1. The Morgan fingerprint density at radius 1 is 1.33 bits per heavy atom. The van der Waals surface area contributed by atoms with Gasteiger partial charge >= 0.3 is 5.51 Å². The molecule has 0 aliphatic carbocycles. The molecular formula is C8H5F3N2OS. The number of halogens is 3. The summed E-state index contributed by atoms with van der Waals surface area (Å²) >= 11 is -0.234. The first-order valence-corrected chi connectivity index (χ1v) is 4.68. The highest BCUT2D eigenvalue weighted by atomic mass is 32.2. The molecule has 0 aliphatic rings. The van der Waals surface area contributed by atoms with Gasteiger partial charge in [0.05, 0.1) is 0 Å². The van der Waals surface area contributed by atoms with Crippen LogP contribution >= 0.6 is 11.8 Å². The zero-order valence-corrected chi connectivity index (χ0v) is 8.02. The van der Waals surface area contributed by atoms with Gasteiger partial charge in [0.15, 0.2) is 5.58 Å². The van der Waals surface area contributed by atoms with Gasteiger partial charge in [-0.15, -0.1) is 0 Å². The van der Waals surface area contributed by atoms with Crippen LogP contribution in [0.5, 0.6) is 0 Å². The molecule has 0 fully saturated rings. The fourth-order valence-electron chi connectivity index (χ4n) is 1.15. The molecule has 7 heteroatoms. The first-order valence-electron chi connectivity index (χ1n) is 3.86. The molecule has 0 saturated carbocycles. The molecule has 0 saturated heterocycles. The number of thioether (sulfide) groups is 1. The number of nitrogens with two attached hydrogens (primary N) is 1. The van der Waals surface area contributed by atoms with Gasteiger partial charge in [-0.3, -0.25) is 0 Å². The lowest BCUT2D eigenvalue weighted by molar-refractivity contribution is -0.0327. The number of para-hydroxylation sites is 1. The first-order chi connectivity index (χ1) is 6.96. The SMILES string of the molecule is Nc1nc2c(SC(F)(F)F)cccc2o1. The van der Waals surface area contributed by atoms with E-state index >= 15 is 0 Å². The number of anilines is 1. The summed E-state index contributed by atoms with van der Waals surface area (Å²) in [5.74, 6) is 0. The molecule has 2 rings (SSSR count). The Kier molecular flexibility index (Phi) is 2.26. The molecule has 80 valence electrons. The Balaban J connectivity index is 2.51. The number of aromatic nitrogens is 1. The summed E-state index contributed by atoms with van der Waals surface area (Å²) in [6, 6.07) is 4.16. The summed E-state index contributed by atoms with van der Waals surface area (Å²) in [5, 5.41) is 0. The fourth-order valence-corrected chi connectivity index (χ4v) is 1.79. The van der Waals surface area contributed by atoms with Crippen molar-refractivity contribution in [2.75, 3.05) is 5.73 Å². The van der Waals surface area contributed by atoms with Gasteiger partial charge in [0.2, 0.25) is 0 Å². The third-order valence-electron chi connectivity index (χ3n) is 1.62. The number of nitrogen functional groups attached to an aromatic ring is 1. The van der Waals surface area contributed by atoms with Crippen LogP contribution < -0.4 is 5.73 Å². The summed E-state index contributed by atoms with van der Waals surface area (Å²) in [6.45, 7) is 0. The van der Waals surface area contributed by atoms with Gasteiger partial charge < -0.3 is 10.2 Å². The molecule has 0 unspecified atom stereocenters. The van der Waals surface area contributed by atoms with Gasteiger partial charge in [0.25, 0.3) is 6.01 Å². The van der Waals surface area contributed by atoms with E-state index in [0.717, 1.165) is 0 Å². The number of hydrogen-bond acceptors (Lipinski definition) is 4. The summed E-state index contributed by atoms with van der Waals surface area (Å²) in [4.78, 5) is 3.67. The molecule has 0 atom stereocenters. The maximum absolute atomic E-state index is 12.1. The second kappa shape index (κ2) is 3.34. The van der Waals surface area contributed by atoms with Crippen LogP contribution in [0, 0.1) is 0 Å². The average Bonchev–Trinajstić information content (AvgIpc) is 2.43. The number of nitrogens with zero attached hydrogens (tertiary/aromatic N) is 1. The molecular weight excluding hydrogens is 229 g/mol. The van der Waals surface area contributed by atoms with Gasteiger partial charge in [-0.05, 0) is 23.9 Å². The summed E-state index contributed by atoms with van der Waals surface area (Å²) < 4.78 is 41.4. The van der Waals surface area contributed by atoms with Crippen LogP contribution in [0.1, 0.15) is 0 Å². The van der Waals surface area contributed by atoms with Crippen molar-refractivity contribution >= 4 is 28.9 Å². The number of hydrogen-bond donors (Lipinski definition) is 1. The van der Waals surface area contributed by atoms with Crippen LogP contribution in [0.15, 0.2) is 27.5 Å². The molecule has 0 radical (unpaired) electrons. The van der Waals surface area contributed by atoms with Crippen LogP contribution in [0.3, 0.4) is 0 Å². The summed E-state index contributed by atoms with van der Waals surface area (Å²) in [5.41, 5.74) is 1.30. The maximum atomic E-state index is 12.1. The van der Waals surface area contributed by atoms with E-state index in [2.05, 4.69) is 4.98 Å². The van der Waals surface area contributed by atoms with Crippen molar-refractivity contribution in [3.05, 3.63) is 18.2 Å². The molecule has 1 aromatic carbocycles. The maximum Gasteiger partial charge on any atom is 0.446 e. The van der Waals surface area contributed by atoms with Crippen molar-refractivity contribution in [1.29, 1.82) is 0 Å². The minimum atomic E-state index is -4.35. The third kappa shape index (κ3) is 2.17. The Hall–Kier alpha value is -1.37. The van der Waals surface area contributed by atoms with Gasteiger partial charge in [-0.1, -0.05) is 6.07 Å². The van der Waals surface area contributed by atoms with Crippen molar-refractivity contribution in [2.45, 2.75) is 10.4 Å². The van der Waals surface area contributed by atoms with Crippen molar-refractivity contribution in [1.82, 2.24) is 4.98 Å². The first kappa shape index (κ1) is 10.2. The number of oxazole rings is 1. The van der Waals surface area contributed by atoms with E-state index in [0.29, 0.717) is 0 Å². The fraction of sp³-hybridized carbons (Fsp3) is 0.125. The minimum absolute atomic E-state index is 0.0135. The van der Waals surface area contributed by atoms with E-state index in [1.807, 2.05) is 0 Å². The summed E-state index contributed by atoms with van der Waals surface area (Å²) in [7, 11) is 0. The molecule has 15 heavy (non-hydrogen) atoms. The summed E-state index contributed by atoms with van der Waals surface area (Å²) in [6.07, 6.45) is 0. The van der Waals surface area contributed by atoms with E-state index < -0.39 is 5.51 Å². The van der Waals surface area contributed by atoms with Gasteiger partial charge in [0.1, 0.15) is 5.52 Å². The highest BCUT2D eigenvalue weighted by molar-refractivity contribution is 8.00. The molecule has 1 heterocycles. The van der Waals surface area contributed by atoms with Crippen molar-refractivity contribution in [3.8, 4) is 0 Å². The number of alkyl halides is 3. The minimum Gasteiger partial charge on any atom is -0.424 e. The Morgan fingerprint density at radius 3 is 2.73 bits per heavy atom. The Morgan fingerprint density at radius 2 is 2.07 bits per heavy atom. The van der Waals surface area contributed by atoms with E-state index in [9.17, 15) is 13.2 Å². The second-order valence-corrected chi connectivity index (χ2v) is 3.81. The van der Waals surface area contributed by atoms with Gasteiger partial charge in [0, 0.05) is 4.90 Å². The smallest absolute Gasteiger partial charge is 0.424 e. The monoisotopic (exact) mass is 234 g/mol. The average molecular weight is 234 g/mol. The number of benzene rings is 1. The molecule has 0 aliphatic heterocycles. The standard InChI is InChI=1S/C8H5F3N2OS/c9-8(10,11)15-5-3-1-2-4-6(5)13-7(12)14-4/h1-3H,(H2,12,13).